The van der Waals surface area contributed by atoms with Crippen molar-refractivity contribution in [1.82, 2.24) is 15.4 Å². The van der Waals surface area contributed by atoms with Gasteiger partial charge in [-0.1, -0.05) is 5.16 Å². The number of nitrogens with one attached hydrogen (secondary N) is 1. The molecule has 0 radical (unpaired) electrons. The van der Waals surface area contributed by atoms with Crippen LogP contribution < -0.4 is 11.1 Å². The summed E-state index contributed by atoms with van der Waals surface area (Å²) in [6.45, 7) is 5.93. The second kappa shape index (κ2) is 9.08. The van der Waals surface area contributed by atoms with Crippen molar-refractivity contribution in [2.45, 2.75) is 32.4 Å². The number of thioether (sulfide) groups is 1. The third-order valence-corrected chi connectivity index (χ3v) is 5.19. The van der Waals surface area contributed by atoms with Gasteiger partial charge in [-0.05, 0) is 26.7 Å². The van der Waals surface area contributed by atoms with Gasteiger partial charge in [0.15, 0.2) is 0 Å². The average molecular weight is 354 g/mol. The van der Waals surface area contributed by atoms with E-state index in [-0.39, 0.29) is 17.7 Å². The number of piperidine rings is 1. The van der Waals surface area contributed by atoms with Crippen LogP contribution in [0.5, 0.6) is 0 Å². The molecule has 2 rings (SSSR count). The van der Waals surface area contributed by atoms with Gasteiger partial charge in [0.25, 0.3) is 0 Å². The van der Waals surface area contributed by atoms with Crippen molar-refractivity contribution < 1.29 is 14.1 Å². The Bertz CT molecular complexity index is 556. The number of hydrogen-bond donors (Lipinski definition) is 2. The predicted molar refractivity (Wildman–Crippen MR) is 93.5 cm³/mol. The molecule has 2 heterocycles. The summed E-state index contributed by atoms with van der Waals surface area (Å²) in [5.74, 6) is 1.89. The number of amides is 2. The van der Waals surface area contributed by atoms with Crippen LogP contribution in [-0.2, 0) is 15.3 Å². The van der Waals surface area contributed by atoms with Crippen LogP contribution in [0.1, 0.15) is 29.9 Å². The smallest absolute Gasteiger partial charge is 0.232 e. The van der Waals surface area contributed by atoms with E-state index in [1.54, 1.807) is 16.7 Å². The van der Waals surface area contributed by atoms with Crippen LogP contribution in [0.15, 0.2) is 4.52 Å². The summed E-state index contributed by atoms with van der Waals surface area (Å²) in [5.41, 5.74) is 7.34. The highest BCUT2D eigenvalue weighted by Crippen LogP contribution is 2.21. The monoisotopic (exact) mass is 354 g/mol. The Morgan fingerprint density at radius 3 is 2.92 bits per heavy atom. The zero-order chi connectivity index (χ0) is 17.5. The molecule has 0 aromatic carbocycles. The van der Waals surface area contributed by atoms with E-state index in [2.05, 4.69) is 10.5 Å². The van der Waals surface area contributed by atoms with Crippen LogP contribution in [0.3, 0.4) is 0 Å². The van der Waals surface area contributed by atoms with E-state index in [0.717, 1.165) is 36.4 Å². The van der Waals surface area contributed by atoms with Gasteiger partial charge in [-0.2, -0.15) is 0 Å². The zero-order valence-corrected chi connectivity index (χ0v) is 15.2. The Balaban J connectivity index is 1.78. The maximum atomic E-state index is 12.4. The van der Waals surface area contributed by atoms with Gasteiger partial charge in [0.1, 0.15) is 5.76 Å². The summed E-state index contributed by atoms with van der Waals surface area (Å²) in [5, 5.41) is 6.73. The molecule has 0 aliphatic carbocycles. The van der Waals surface area contributed by atoms with Crippen molar-refractivity contribution in [1.29, 1.82) is 0 Å². The van der Waals surface area contributed by atoms with Gasteiger partial charge < -0.3 is 20.5 Å². The van der Waals surface area contributed by atoms with E-state index < -0.39 is 0 Å². The minimum atomic E-state index is -0.123. The molecule has 1 fully saturated rings. The van der Waals surface area contributed by atoms with Crippen molar-refractivity contribution >= 4 is 23.6 Å². The molecule has 134 valence electrons. The van der Waals surface area contributed by atoms with Gasteiger partial charge in [-0.15, -0.1) is 11.8 Å². The first-order valence-electron chi connectivity index (χ1n) is 8.28. The number of nitrogens with two attached hydrogens (primary N) is 1. The highest BCUT2D eigenvalue weighted by molar-refractivity contribution is 7.99. The van der Waals surface area contributed by atoms with Crippen LogP contribution >= 0.6 is 11.8 Å². The summed E-state index contributed by atoms with van der Waals surface area (Å²) in [6.07, 6.45) is 1.69. The summed E-state index contributed by atoms with van der Waals surface area (Å²) < 4.78 is 5.13. The van der Waals surface area contributed by atoms with Crippen molar-refractivity contribution in [3.05, 3.63) is 17.0 Å². The number of rotatable bonds is 7. The first-order chi connectivity index (χ1) is 11.5. The zero-order valence-electron chi connectivity index (χ0n) is 14.3. The first-order valence-corrected chi connectivity index (χ1v) is 9.43. The molecule has 1 aliphatic heterocycles. The molecule has 24 heavy (non-hydrogen) atoms. The Labute approximate surface area is 146 Å². The van der Waals surface area contributed by atoms with E-state index in [4.69, 9.17) is 10.3 Å². The fraction of sp³-hybridized carbons (Fsp3) is 0.688. The summed E-state index contributed by atoms with van der Waals surface area (Å²) >= 11 is 1.56. The molecule has 0 saturated carbocycles. The van der Waals surface area contributed by atoms with Crippen LogP contribution in [0.2, 0.25) is 0 Å². The molecular formula is C16H26N4O3S. The second-order valence-corrected chi connectivity index (χ2v) is 7.04. The molecule has 2 amide bonds. The Morgan fingerprint density at radius 2 is 2.25 bits per heavy atom. The number of aromatic nitrogens is 1. The Morgan fingerprint density at radius 1 is 1.46 bits per heavy atom. The largest absolute Gasteiger partial charge is 0.361 e. The van der Waals surface area contributed by atoms with Gasteiger partial charge in [-0.25, -0.2) is 0 Å². The van der Waals surface area contributed by atoms with Gasteiger partial charge in [0.05, 0.1) is 17.4 Å². The quantitative estimate of drug-likeness (QED) is 0.752. The molecule has 1 aromatic rings. The molecule has 1 aromatic heterocycles. The predicted octanol–water partition coefficient (Wildman–Crippen LogP) is 0.838. The Hall–Kier alpha value is -1.54. The fourth-order valence-corrected chi connectivity index (χ4v) is 3.87. The molecule has 7 nitrogen and oxygen atoms in total. The summed E-state index contributed by atoms with van der Waals surface area (Å²) in [4.78, 5) is 26.2. The molecule has 1 aliphatic rings. The van der Waals surface area contributed by atoms with E-state index in [1.807, 2.05) is 13.8 Å². The van der Waals surface area contributed by atoms with E-state index in [9.17, 15) is 9.59 Å². The van der Waals surface area contributed by atoms with Crippen LogP contribution in [0.4, 0.5) is 0 Å². The number of carbonyl (C=O) groups is 2. The van der Waals surface area contributed by atoms with Gasteiger partial charge in [0, 0.05) is 37.5 Å². The van der Waals surface area contributed by atoms with Crippen LogP contribution in [0, 0.1) is 19.8 Å². The van der Waals surface area contributed by atoms with E-state index in [0.29, 0.717) is 31.1 Å². The normalized spacial score (nSPS) is 17.8. The lowest BCUT2D eigenvalue weighted by molar-refractivity contribution is -0.133. The van der Waals surface area contributed by atoms with Crippen LogP contribution in [-0.4, -0.2) is 53.8 Å². The maximum absolute atomic E-state index is 12.4. The lowest BCUT2D eigenvalue weighted by atomic mass is 9.97. The third kappa shape index (κ3) is 4.98. The molecule has 0 spiro atoms. The van der Waals surface area contributed by atoms with Crippen molar-refractivity contribution in [3.8, 4) is 0 Å². The minimum Gasteiger partial charge on any atom is -0.361 e. The molecule has 0 bridgehead atoms. The van der Waals surface area contributed by atoms with E-state index in [1.165, 1.54) is 0 Å². The molecular weight excluding hydrogens is 328 g/mol. The van der Waals surface area contributed by atoms with Gasteiger partial charge >= 0.3 is 0 Å². The lowest BCUT2D eigenvalue weighted by Crippen LogP contribution is -2.46. The number of hydrogen-bond acceptors (Lipinski definition) is 6. The first kappa shape index (κ1) is 18.8. The van der Waals surface area contributed by atoms with Crippen LogP contribution in [0.25, 0.3) is 0 Å². The number of aryl methyl sites for hydroxylation is 2. The molecule has 8 heteroatoms. The second-order valence-electron chi connectivity index (χ2n) is 6.05. The molecule has 1 saturated heterocycles. The highest BCUT2D eigenvalue weighted by Gasteiger charge is 2.28. The molecule has 1 unspecified atom stereocenters. The summed E-state index contributed by atoms with van der Waals surface area (Å²) in [7, 11) is 0. The minimum absolute atomic E-state index is 0.00123. The van der Waals surface area contributed by atoms with E-state index >= 15 is 0 Å². The Kier molecular flexibility index (Phi) is 7.11. The van der Waals surface area contributed by atoms with Crippen molar-refractivity contribution in [3.63, 3.8) is 0 Å². The topological polar surface area (TPSA) is 101 Å². The summed E-state index contributed by atoms with van der Waals surface area (Å²) in [6, 6.07) is 0. The molecule has 1 atom stereocenters. The SMILES string of the molecule is Cc1noc(C)c1CSCC(=O)N1CCCC(C(=O)NCCN)C1. The number of likely N-dealkylation sites (tertiary alicyclic amines) is 1. The fourth-order valence-electron chi connectivity index (χ4n) is 2.80. The molecule has 3 N–H and O–H groups in total. The van der Waals surface area contributed by atoms with Gasteiger partial charge in [-0.3, -0.25) is 9.59 Å². The average Bonchev–Trinajstić information content (AvgIpc) is 2.91. The van der Waals surface area contributed by atoms with Gasteiger partial charge in [0.2, 0.25) is 11.8 Å². The number of carbonyl (C=O) groups excluding carboxylic acids is 2. The lowest BCUT2D eigenvalue weighted by Gasteiger charge is -2.32. The standard InChI is InChI=1S/C16H26N4O3S/c1-11-14(12(2)23-19-11)9-24-10-15(21)20-7-3-4-13(8-20)16(22)18-6-5-17/h13H,3-10,17H2,1-2H3,(H,18,22). The van der Waals surface area contributed by atoms with Crippen molar-refractivity contribution in [2.24, 2.45) is 11.7 Å². The maximum Gasteiger partial charge on any atom is 0.232 e. The highest BCUT2D eigenvalue weighted by atomic mass is 32.2. The third-order valence-electron chi connectivity index (χ3n) is 4.24. The number of nitrogens with zero attached hydrogens (tertiary/aromatic N) is 2. The van der Waals surface area contributed by atoms with Crippen molar-refractivity contribution in [2.75, 3.05) is 31.9 Å².